The third-order valence-electron chi connectivity index (χ3n) is 4.81. The normalized spacial score (nSPS) is 22.2. The summed E-state index contributed by atoms with van der Waals surface area (Å²) in [5, 5.41) is 0. The molecule has 3 atom stereocenters. The Morgan fingerprint density at radius 1 is 1.10 bits per heavy atom. The molecule has 1 unspecified atom stereocenters. The number of likely N-dealkylation sites (tertiary alicyclic amines) is 1. The van der Waals surface area contributed by atoms with Gasteiger partial charge in [0, 0.05) is 11.7 Å². The average Bonchev–Trinajstić information content (AvgIpc) is 2.89. The fraction of sp³-hybridized carbons (Fsp3) is 0.421. The predicted octanol–water partition coefficient (Wildman–Crippen LogP) is 0.633. The van der Waals surface area contributed by atoms with E-state index >= 15 is 0 Å². The summed E-state index contributed by atoms with van der Waals surface area (Å²) < 4.78 is 8.96. The van der Waals surface area contributed by atoms with Crippen LogP contribution in [-0.4, -0.2) is 69.6 Å². The van der Waals surface area contributed by atoms with Crippen LogP contribution in [0.4, 0.5) is 0 Å². The largest absolute Gasteiger partial charge is 0.467 e. The lowest BCUT2D eigenvalue weighted by Crippen LogP contribution is -2.77. The Labute approximate surface area is 172 Å². The van der Waals surface area contributed by atoms with Gasteiger partial charge in [-0.25, -0.2) is 4.79 Å². The van der Waals surface area contributed by atoms with Gasteiger partial charge in [-0.15, -0.1) is 0 Å². The predicted molar refractivity (Wildman–Crippen MR) is 102 cm³/mol. The maximum Gasteiger partial charge on any atom is 0.330 e. The standard InChI is InChI=1S/C19H20N2O7S/c1-9(22)28-17-12(16(25)21(17)13(18(26)27-4)19(2,3)29)20-14(23)10-7-5-6-8-11(10)15(20)24/h5-8,12-13,17,29H,1-4H3/t12-,13?,17+/m1/s1. The van der Waals surface area contributed by atoms with Gasteiger partial charge in [0.05, 0.1) is 18.2 Å². The first-order valence-electron chi connectivity index (χ1n) is 8.77. The van der Waals surface area contributed by atoms with Crippen molar-refractivity contribution in [3.05, 3.63) is 35.4 Å². The monoisotopic (exact) mass is 420 g/mol. The zero-order chi connectivity index (χ0) is 21.7. The van der Waals surface area contributed by atoms with E-state index in [4.69, 9.17) is 9.47 Å². The fourth-order valence-corrected chi connectivity index (χ4v) is 3.82. The van der Waals surface area contributed by atoms with Gasteiger partial charge in [-0.1, -0.05) is 12.1 Å². The molecule has 1 fully saturated rings. The van der Waals surface area contributed by atoms with E-state index in [0.29, 0.717) is 0 Å². The molecule has 2 heterocycles. The summed E-state index contributed by atoms with van der Waals surface area (Å²) >= 11 is 4.37. The van der Waals surface area contributed by atoms with Crippen molar-refractivity contribution in [3.8, 4) is 0 Å². The first-order chi connectivity index (χ1) is 13.5. The zero-order valence-electron chi connectivity index (χ0n) is 16.2. The van der Waals surface area contributed by atoms with E-state index in [-0.39, 0.29) is 11.1 Å². The van der Waals surface area contributed by atoms with Crippen LogP contribution in [0.15, 0.2) is 24.3 Å². The van der Waals surface area contributed by atoms with Crippen LogP contribution in [0, 0.1) is 0 Å². The van der Waals surface area contributed by atoms with E-state index < -0.39 is 52.7 Å². The molecule has 0 N–H and O–H groups in total. The quantitative estimate of drug-likeness (QED) is 0.322. The number of amides is 3. The number of carbonyl (C=O) groups excluding carboxylic acids is 5. The van der Waals surface area contributed by atoms with Gasteiger partial charge in [-0.05, 0) is 26.0 Å². The van der Waals surface area contributed by atoms with E-state index in [9.17, 15) is 24.0 Å². The van der Waals surface area contributed by atoms with Crippen molar-refractivity contribution >= 4 is 42.3 Å². The minimum atomic E-state index is -1.38. The lowest BCUT2D eigenvalue weighted by Gasteiger charge is -2.52. The molecule has 0 aliphatic carbocycles. The van der Waals surface area contributed by atoms with Gasteiger partial charge < -0.3 is 9.47 Å². The number of imide groups is 1. The highest BCUT2D eigenvalue weighted by molar-refractivity contribution is 7.81. The van der Waals surface area contributed by atoms with E-state index in [1.807, 2.05) is 0 Å². The molecular weight excluding hydrogens is 400 g/mol. The molecule has 1 saturated heterocycles. The summed E-state index contributed by atoms with van der Waals surface area (Å²) in [7, 11) is 1.15. The van der Waals surface area contributed by atoms with Crippen molar-refractivity contribution < 1.29 is 33.4 Å². The molecule has 1 aromatic rings. The van der Waals surface area contributed by atoms with E-state index in [1.165, 1.54) is 12.1 Å². The lowest BCUT2D eigenvalue weighted by atomic mass is 9.92. The number of ether oxygens (including phenoxy) is 2. The molecule has 0 spiro atoms. The second-order valence-electron chi connectivity index (χ2n) is 7.30. The van der Waals surface area contributed by atoms with Crippen LogP contribution in [0.5, 0.6) is 0 Å². The highest BCUT2D eigenvalue weighted by atomic mass is 32.1. The van der Waals surface area contributed by atoms with Crippen LogP contribution in [0.25, 0.3) is 0 Å². The number of hydrogen-bond acceptors (Lipinski definition) is 8. The van der Waals surface area contributed by atoms with Gasteiger partial charge >= 0.3 is 11.9 Å². The fourth-order valence-electron chi connectivity index (χ4n) is 3.59. The number of methoxy groups -OCH3 is 1. The number of benzene rings is 1. The molecule has 10 heteroatoms. The first-order valence-corrected chi connectivity index (χ1v) is 9.22. The minimum Gasteiger partial charge on any atom is -0.467 e. The van der Waals surface area contributed by atoms with E-state index in [2.05, 4.69) is 12.6 Å². The number of esters is 2. The highest BCUT2D eigenvalue weighted by Gasteiger charge is 2.63. The molecule has 3 amide bonds. The molecule has 0 bridgehead atoms. The van der Waals surface area contributed by atoms with Crippen molar-refractivity contribution in [2.45, 2.75) is 43.8 Å². The molecule has 154 valence electrons. The Balaban J connectivity index is 2.00. The summed E-state index contributed by atoms with van der Waals surface area (Å²) in [6, 6.07) is 3.57. The highest BCUT2D eigenvalue weighted by Crippen LogP contribution is 2.38. The Kier molecular flexibility index (Phi) is 5.16. The van der Waals surface area contributed by atoms with Crippen molar-refractivity contribution in [1.29, 1.82) is 0 Å². The molecule has 0 aromatic heterocycles. The molecule has 0 radical (unpaired) electrons. The second kappa shape index (κ2) is 7.18. The third-order valence-corrected chi connectivity index (χ3v) is 5.06. The maximum absolute atomic E-state index is 13.0. The van der Waals surface area contributed by atoms with Gasteiger partial charge in [0.2, 0.25) is 6.23 Å². The summed E-state index contributed by atoms with van der Waals surface area (Å²) in [6.07, 6.45) is -1.34. The molecule has 9 nitrogen and oxygen atoms in total. The Bertz CT molecular complexity index is 888. The van der Waals surface area contributed by atoms with Crippen molar-refractivity contribution in [2.24, 2.45) is 0 Å². The van der Waals surface area contributed by atoms with E-state index in [0.717, 1.165) is 23.8 Å². The van der Waals surface area contributed by atoms with Crippen LogP contribution in [0.3, 0.4) is 0 Å². The number of β-lactam (4-membered cyclic amide) rings is 1. The molecule has 2 aliphatic heterocycles. The average molecular weight is 420 g/mol. The number of nitrogens with zero attached hydrogens (tertiary/aromatic N) is 2. The van der Waals surface area contributed by atoms with Crippen LogP contribution in [0.1, 0.15) is 41.5 Å². The summed E-state index contributed by atoms with van der Waals surface area (Å²) in [6.45, 7) is 4.30. The van der Waals surface area contributed by atoms with Gasteiger partial charge in [-0.2, -0.15) is 12.6 Å². The topological polar surface area (TPSA) is 110 Å². The zero-order valence-corrected chi connectivity index (χ0v) is 17.1. The molecule has 1 aromatic carbocycles. The van der Waals surface area contributed by atoms with Crippen molar-refractivity contribution in [1.82, 2.24) is 9.80 Å². The van der Waals surface area contributed by atoms with Gasteiger partial charge in [0.1, 0.15) is 6.04 Å². The summed E-state index contributed by atoms with van der Waals surface area (Å²) in [5.74, 6) is -3.56. The molecule has 3 rings (SSSR count). The number of rotatable bonds is 5. The summed E-state index contributed by atoms with van der Waals surface area (Å²) in [4.78, 5) is 64.4. The van der Waals surface area contributed by atoms with Crippen molar-refractivity contribution in [2.75, 3.05) is 7.11 Å². The smallest absolute Gasteiger partial charge is 0.330 e. The lowest BCUT2D eigenvalue weighted by molar-refractivity contribution is -0.207. The van der Waals surface area contributed by atoms with E-state index in [1.54, 1.807) is 26.0 Å². The van der Waals surface area contributed by atoms with Gasteiger partial charge in [-0.3, -0.25) is 29.0 Å². The molecular formula is C19H20N2O7S. The van der Waals surface area contributed by atoms with Gasteiger partial charge in [0.25, 0.3) is 17.7 Å². The van der Waals surface area contributed by atoms with Crippen LogP contribution in [0.2, 0.25) is 0 Å². The SMILES string of the molecule is COC(=O)C(N1C(=O)[C@@H](N2C(=O)c3ccccc3C2=O)[C@@H]1OC(C)=O)C(C)(C)S. The Morgan fingerprint density at radius 2 is 1.62 bits per heavy atom. The number of hydrogen-bond donors (Lipinski definition) is 1. The van der Waals surface area contributed by atoms with Gasteiger partial charge in [0.15, 0.2) is 6.04 Å². The number of thiol groups is 1. The number of carbonyl (C=O) groups is 5. The second-order valence-corrected chi connectivity index (χ2v) is 8.45. The molecule has 2 aliphatic rings. The Morgan fingerprint density at radius 3 is 2.03 bits per heavy atom. The van der Waals surface area contributed by atoms with Crippen molar-refractivity contribution in [3.63, 3.8) is 0 Å². The minimum absolute atomic E-state index is 0.157. The maximum atomic E-state index is 13.0. The number of fused-ring (bicyclic) bond motifs is 1. The molecule has 29 heavy (non-hydrogen) atoms. The Hall–Kier alpha value is -2.88. The third kappa shape index (κ3) is 3.27. The molecule has 0 saturated carbocycles. The van der Waals surface area contributed by atoms with Crippen LogP contribution in [-0.2, 0) is 23.9 Å². The van der Waals surface area contributed by atoms with Crippen LogP contribution >= 0.6 is 12.6 Å². The summed E-state index contributed by atoms with van der Waals surface area (Å²) in [5.41, 5.74) is 0.314. The first kappa shape index (κ1) is 20.8. The van der Waals surface area contributed by atoms with Crippen LogP contribution < -0.4 is 0 Å².